The molecule has 0 radical (unpaired) electrons. The van der Waals surface area contributed by atoms with E-state index >= 15 is 0 Å². The number of nitrogens with one attached hydrogen (secondary N) is 1. The first-order valence-electron chi connectivity index (χ1n) is 15.3. The normalized spacial score (nSPS) is 14.8. The Morgan fingerprint density at radius 3 is 2.40 bits per heavy atom. The lowest BCUT2D eigenvalue weighted by Gasteiger charge is -2.28. The fourth-order valence-corrected chi connectivity index (χ4v) is 4.55. The molecule has 1 aromatic rings. The predicted molar refractivity (Wildman–Crippen MR) is 173 cm³/mol. The molecule has 1 rings (SSSR count). The maximum absolute atomic E-state index is 13.6. The van der Waals surface area contributed by atoms with Crippen LogP contribution in [-0.4, -0.2) is 60.2 Å². The number of allylic oxidation sites excluding steroid dienone is 8. The van der Waals surface area contributed by atoms with Gasteiger partial charge in [0.1, 0.15) is 17.9 Å². The molecule has 1 aromatic heterocycles. The maximum Gasteiger partial charge on any atom is 0.263 e. The van der Waals surface area contributed by atoms with Crippen LogP contribution in [0.4, 0.5) is 14.6 Å². The van der Waals surface area contributed by atoms with Gasteiger partial charge in [0.2, 0.25) is 0 Å². The zero-order chi connectivity index (χ0) is 32.1. The van der Waals surface area contributed by atoms with Gasteiger partial charge in [-0.25, -0.2) is 13.8 Å². The second-order valence-electron chi connectivity index (χ2n) is 9.93. The Labute approximate surface area is 253 Å². The van der Waals surface area contributed by atoms with Gasteiger partial charge in [0.15, 0.2) is 0 Å². The van der Waals surface area contributed by atoms with E-state index in [1.54, 1.807) is 16.7 Å². The van der Waals surface area contributed by atoms with Gasteiger partial charge in [-0.3, -0.25) is 14.7 Å². The number of nitrogens with zero attached hydrogens (tertiary/aromatic N) is 3. The summed E-state index contributed by atoms with van der Waals surface area (Å²) in [5.41, 5.74) is 0.642. The first-order valence-corrected chi connectivity index (χ1v) is 15.3. The molecule has 2 N–H and O–H groups in total. The summed E-state index contributed by atoms with van der Waals surface area (Å²) >= 11 is 0. The first kappa shape index (κ1) is 39.4. The molecule has 240 valence electrons. The highest BCUT2D eigenvalue weighted by Crippen LogP contribution is 2.22. The lowest BCUT2D eigenvalue weighted by atomic mass is 10.1. The van der Waals surface area contributed by atoms with Crippen LogP contribution in [-0.2, 0) is 4.74 Å². The van der Waals surface area contributed by atoms with E-state index in [0.717, 1.165) is 44.9 Å². The summed E-state index contributed by atoms with van der Waals surface area (Å²) < 4.78 is 34.1. The number of aliphatic hydroxyl groups is 1. The van der Waals surface area contributed by atoms with Crippen molar-refractivity contribution in [3.8, 4) is 0 Å². The van der Waals surface area contributed by atoms with Gasteiger partial charge in [-0.05, 0) is 79.2 Å². The lowest BCUT2D eigenvalue weighted by Crippen LogP contribution is -2.40. The van der Waals surface area contributed by atoms with E-state index in [4.69, 9.17) is 14.8 Å². The van der Waals surface area contributed by atoms with Crippen LogP contribution in [0.25, 0.3) is 5.57 Å². The van der Waals surface area contributed by atoms with E-state index in [1.807, 2.05) is 47.6 Å². The summed E-state index contributed by atoms with van der Waals surface area (Å²) in [5, 5.41) is 10.5. The summed E-state index contributed by atoms with van der Waals surface area (Å²) in [6.07, 6.45) is 12.2. The summed E-state index contributed by atoms with van der Waals surface area (Å²) in [6, 6.07) is 1.39. The zero-order valence-corrected chi connectivity index (χ0v) is 27.4. The third-order valence-electron chi connectivity index (χ3n) is 6.81. The minimum absolute atomic E-state index is 0.0266. The van der Waals surface area contributed by atoms with Gasteiger partial charge in [0.05, 0.1) is 6.04 Å². The smallest absolute Gasteiger partial charge is 0.263 e. The molecule has 0 aliphatic rings. The van der Waals surface area contributed by atoms with Gasteiger partial charge in [0, 0.05) is 44.5 Å². The van der Waals surface area contributed by atoms with E-state index in [9.17, 15) is 13.6 Å². The van der Waals surface area contributed by atoms with Crippen molar-refractivity contribution in [2.45, 2.75) is 112 Å². The van der Waals surface area contributed by atoms with E-state index < -0.39 is 12.5 Å². The average Bonchev–Trinajstić information content (AvgIpc) is 2.97. The van der Waals surface area contributed by atoms with E-state index in [1.165, 1.54) is 12.2 Å². The molecular weight excluding hydrogens is 538 g/mol. The Morgan fingerprint density at radius 2 is 1.86 bits per heavy atom. The molecule has 42 heavy (non-hydrogen) atoms. The number of anilines is 1. The summed E-state index contributed by atoms with van der Waals surface area (Å²) in [4.78, 5) is 20.7. The fourth-order valence-electron chi connectivity index (χ4n) is 4.55. The molecule has 0 bridgehead atoms. The van der Waals surface area contributed by atoms with Crippen molar-refractivity contribution >= 4 is 11.4 Å². The van der Waals surface area contributed by atoms with Crippen LogP contribution in [0, 0.1) is 0 Å². The molecule has 1 heterocycles. The molecule has 3 unspecified atom stereocenters. The number of aromatic nitrogens is 2. The van der Waals surface area contributed by atoms with Crippen LogP contribution in [0.1, 0.15) is 99.4 Å². The molecule has 0 saturated carbocycles. The minimum atomic E-state index is -2.57. The largest absolute Gasteiger partial charge is 0.400 e. The van der Waals surface area contributed by atoms with Crippen molar-refractivity contribution in [1.82, 2.24) is 14.9 Å². The summed E-state index contributed by atoms with van der Waals surface area (Å²) in [5.74, 6) is 1.19. The molecule has 9 heteroatoms. The predicted octanol–water partition coefficient (Wildman–Crippen LogP) is 7.30. The van der Waals surface area contributed by atoms with Crippen molar-refractivity contribution in [2.24, 2.45) is 0 Å². The molecule has 3 atom stereocenters. The Bertz CT molecular complexity index is 1050. The topological polar surface area (TPSA) is 79.6 Å². The van der Waals surface area contributed by atoms with Crippen LogP contribution in [0.5, 0.6) is 0 Å². The highest BCUT2D eigenvalue weighted by molar-refractivity contribution is 5.60. The first-order chi connectivity index (χ1) is 20.1. The Morgan fingerprint density at radius 1 is 1.17 bits per heavy atom. The number of aliphatic hydroxyl groups excluding tert-OH is 1. The Kier molecular flexibility index (Phi) is 21.5. The highest BCUT2D eigenvalue weighted by atomic mass is 19.3. The number of ether oxygens (including phenoxy) is 1. The van der Waals surface area contributed by atoms with Gasteiger partial charge in [-0.1, -0.05) is 50.3 Å². The quantitative estimate of drug-likeness (QED) is 0.0758. The van der Waals surface area contributed by atoms with Crippen LogP contribution in [0.3, 0.4) is 0 Å². The van der Waals surface area contributed by atoms with Crippen LogP contribution in [0.2, 0.25) is 0 Å². The molecule has 0 aromatic carbocycles. The SMILES string of the molecule is C/C=C/CC/C=C(\C)c1nc(N(CC)CCC(CC)NC(C)OCC)cc(=O)n1C(C)/C=C\C(=C/CC)C(F)F.CO. The van der Waals surface area contributed by atoms with Crippen LogP contribution >= 0.6 is 0 Å². The van der Waals surface area contributed by atoms with Crippen LogP contribution in [0.15, 0.2) is 52.9 Å². The molecular formula is C33H56F2N4O3. The van der Waals surface area contributed by atoms with Crippen LogP contribution < -0.4 is 15.8 Å². The van der Waals surface area contributed by atoms with E-state index in [2.05, 4.69) is 36.2 Å². The number of unbranched alkanes of at least 4 members (excludes halogenated alkanes) is 1. The standard InChI is InChI=1S/C32H52F2N4O2.CH4O/c1-9-14-15-16-18-24(6)32-36-29(37(12-4)22-21-28(11-3)35-26(8)40-13-5)23-30(39)38(32)25(7)19-20-27(17-10-2)31(33)34;1-2/h9,14,17-20,23,25-26,28,31,35H,10-13,15-16,21-22H2,1-8H3;2H,1H3/b14-9+,20-19-,24-18+,27-17+;. The molecule has 0 aliphatic heterocycles. The van der Waals surface area contributed by atoms with Gasteiger partial charge in [0.25, 0.3) is 12.0 Å². The monoisotopic (exact) mass is 594 g/mol. The average molecular weight is 595 g/mol. The number of hydrogen-bond donors (Lipinski definition) is 2. The number of halogens is 2. The fraction of sp³-hybridized carbons (Fsp3) is 0.636. The highest BCUT2D eigenvalue weighted by Gasteiger charge is 2.19. The van der Waals surface area contributed by atoms with Crippen molar-refractivity contribution in [1.29, 1.82) is 0 Å². The Hall–Kier alpha value is -2.62. The number of hydrogen-bond acceptors (Lipinski definition) is 6. The van der Waals surface area contributed by atoms with E-state index in [0.29, 0.717) is 31.2 Å². The molecule has 0 saturated heterocycles. The summed E-state index contributed by atoms with van der Waals surface area (Å²) in [6.45, 7) is 17.9. The van der Waals surface area contributed by atoms with Gasteiger partial charge in [-0.2, -0.15) is 0 Å². The molecule has 0 spiro atoms. The molecule has 0 fully saturated rings. The van der Waals surface area contributed by atoms with Gasteiger partial charge in [-0.15, -0.1) is 0 Å². The zero-order valence-electron chi connectivity index (χ0n) is 27.4. The van der Waals surface area contributed by atoms with Gasteiger partial charge >= 0.3 is 0 Å². The second kappa shape index (κ2) is 22.9. The van der Waals surface area contributed by atoms with E-state index in [-0.39, 0.29) is 23.4 Å². The third-order valence-corrected chi connectivity index (χ3v) is 6.81. The summed E-state index contributed by atoms with van der Waals surface area (Å²) in [7, 11) is 1.00. The van der Waals surface area contributed by atoms with Crippen molar-refractivity contribution in [2.75, 3.05) is 31.7 Å². The number of alkyl halides is 2. The lowest BCUT2D eigenvalue weighted by molar-refractivity contribution is 0.0417. The van der Waals surface area contributed by atoms with Crippen molar-refractivity contribution in [3.63, 3.8) is 0 Å². The van der Waals surface area contributed by atoms with Crippen molar-refractivity contribution < 1.29 is 18.6 Å². The maximum atomic E-state index is 13.6. The number of rotatable bonds is 19. The molecule has 0 amide bonds. The Balaban J connectivity index is 0.00000821. The second-order valence-corrected chi connectivity index (χ2v) is 9.93. The minimum Gasteiger partial charge on any atom is -0.400 e. The van der Waals surface area contributed by atoms with Gasteiger partial charge < -0.3 is 14.7 Å². The third kappa shape index (κ3) is 14.0. The molecule has 0 aliphatic carbocycles. The molecule has 7 nitrogen and oxygen atoms in total. The van der Waals surface area contributed by atoms with Crippen molar-refractivity contribution in [3.05, 3.63) is 64.3 Å².